The molecule has 8 heteroatoms. The van der Waals surface area contributed by atoms with E-state index in [2.05, 4.69) is 4.74 Å². The van der Waals surface area contributed by atoms with Crippen molar-refractivity contribution >= 4 is 17.7 Å². The van der Waals surface area contributed by atoms with Gasteiger partial charge in [-0.2, -0.15) is 13.2 Å². The molecule has 0 N–H and O–H groups in total. The molecular weight excluding hydrogens is 341 g/mol. The Hall–Kier alpha value is -2.38. The average molecular weight is 358 g/mol. The molecule has 2 atom stereocenters. The molecule has 1 aromatic rings. The standard InChI is InChI=1S/C17H17F3O5/c1-24-14(22)12-9-16(15(23)25-2,8-7-13(12)21)10-3-5-11(6-4-10)17(18,19)20/h3-6,12H,7-9H2,1-2H3. The lowest BCUT2D eigenvalue weighted by atomic mass is 9.65. The second-order valence-corrected chi connectivity index (χ2v) is 5.89. The van der Waals surface area contributed by atoms with Crippen molar-refractivity contribution in [3.05, 3.63) is 35.4 Å². The Labute approximate surface area is 142 Å². The molecular formula is C17H17F3O5. The van der Waals surface area contributed by atoms with E-state index in [1.54, 1.807) is 0 Å². The lowest BCUT2D eigenvalue weighted by Gasteiger charge is -2.37. The Bertz CT molecular complexity index is 673. The van der Waals surface area contributed by atoms with Crippen LogP contribution in [0.5, 0.6) is 0 Å². The molecule has 1 aliphatic carbocycles. The number of hydrogen-bond donors (Lipinski definition) is 0. The fourth-order valence-corrected chi connectivity index (χ4v) is 3.17. The summed E-state index contributed by atoms with van der Waals surface area (Å²) in [5.41, 5.74) is -1.95. The number of carbonyl (C=O) groups is 3. The van der Waals surface area contributed by atoms with Gasteiger partial charge in [0.15, 0.2) is 0 Å². The number of rotatable bonds is 3. The highest BCUT2D eigenvalue weighted by atomic mass is 19.4. The number of Topliss-reactive ketones (excluding diaryl/α,β-unsaturated/α-hetero) is 1. The van der Waals surface area contributed by atoms with E-state index in [1.165, 1.54) is 12.1 Å². The first-order chi connectivity index (χ1) is 11.7. The maximum absolute atomic E-state index is 12.7. The number of halogens is 3. The Morgan fingerprint density at radius 2 is 1.72 bits per heavy atom. The fourth-order valence-electron chi connectivity index (χ4n) is 3.17. The summed E-state index contributed by atoms with van der Waals surface area (Å²) in [5.74, 6) is -2.99. The minimum atomic E-state index is -4.51. The molecule has 2 rings (SSSR count). The third-order valence-electron chi connectivity index (χ3n) is 4.57. The topological polar surface area (TPSA) is 69.7 Å². The molecule has 5 nitrogen and oxygen atoms in total. The van der Waals surface area contributed by atoms with Gasteiger partial charge >= 0.3 is 18.1 Å². The highest BCUT2D eigenvalue weighted by Crippen LogP contribution is 2.43. The van der Waals surface area contributed by atoms with Crippen LogP contribution in [0.4, 0.5) is 13.2 Å². The van der Waals surface area contributed by atoms with Crippen LogP contribution in [0.15, 0.2) is 24.3 Å². The van der Waals surface area contributed by atoms with Crippen molar-refractivity contribution in [1.82, 2.24) is 0 Å². The van der Waals surface area contributed by atoms with E-state index in [-0.39, 0.29) is 30.6 Å². The highest BCUT2D eigenvalue weighted by Gasteiger charge is 2.50. The number of alkyl halides is 3. The average Bonchev–Trinajstić information content (AvgIpc) is 2.60. The van der Waals surface area contributed by atoms with Crippen LogP contribution in [-0.4, -0.2) is 31.9 Å². The zero-order chi connectivity index (χ0) is 18.8. The van der Waals surface area contributed by atoms with Gasteiger partial charge in [0, 0.05) is 6.42 Å². The van der Waals surface area contributed by atoms with Crippen molar-refractivity contribution in [2.75, 3.05) is 14.2 Å². The number of ketones is 1. The van der Waals surface area contributed by atoms with Crippen LogP contribution in [0.3, 0.4) is 0 Å². The Morgan fingerprint density at radius 3 is 2.20 bits per heavy atom. The molecule has 0 saturated heterocycles. The van der Waals surface area contributed by atoms with E-state index in [4.69, 9.17) is 4.74 Å². The molecule has 0 amide bonds. The molecule has 0 spiro atoms. The van der Waals surface area contributed by atoms with Gasteiger partial charge in [-0.3, -0.25) is 14.4 Å². The lowest BCUT2D eigenvalue weighted by Crippen LogP contribution is -2.46. The molecule has 1 aliphatic rings. The predicted molar refractivity (Wildman–Crippen MR) is 79.5 cm³/mol. The maximum Gasteiger partial charge on any atom is 0.416 e. The van der Waals surface area contributed by atoms with Crippen LogP contribution >= 0.6 is 0 Å². The van der Waals surface area contributed by atoms with E-state index in [1.807, 2.05) is 0 Å². The van der Waals surface area contributed by atoms with Gasteiger partial charge in [-0.25, -0.2) is 0 Å². The van der Waals surface area contributed by atoms with Crippen molar-refractivity contribution in [2.24, 2.45) is 5.92 Å². The molecule has 0 aliphatic heterocycles. The van der Waals surface area contributed by atoms with E-state index in [0.29, 0.717) is 0 Å². The van der Waals surface area contributed by atoms with E-state index < -0.39 is 35.0 Å². The molecule has 25 heavy (non-hydrogen) atoms. The maximum atomic E-state index is 12.7. The zero-order valence-electron chi connectivity index (χ0n) is 13.7. The SMILES string of the molecule is COC(=O)C1CC(C(=O)OC)(c2ccc(C(F)(F)F)cc2)CCC1=O. The van der Waals surface area contributed by atoms with E-state index >= 15 is 0 Å². The Kier molecular flexibility index (Phi) is 5.20. The van der Waals surface area contributed by atoms with Crippen molar-refractivity contribution in [1.29, 1.82) is 0 Å². The summed E-state index contributed by atoms with van der Waals surface area (Å²) < 4.78 is 47.7. The third-order valence-corrected chi connectivity index (χ3v) is 4.57. The van der Waals surface area contributed by atoms with Crippen molar-refractivity contribution in [3.8, 4) is 0 Å². The summed E-state index contributed by atoms with van der Waals surface area (Å²) in [4.78, 5) is 36.3. The molecule has 0 aromatic heterocycles. The minimum Gasteiger partial charge on any atom is -0.468 e. The Balaban J connectivity index is 2.47. The molecule has 1 aromatic carbocycles. The summed E-state index contributed by atoms with van der Waals surface area (Å²) in [7, 11) is 2.28. The summed E-state index contributed by atoms with van der Waals surface area (Å²) in [6.07, 6.45) is -4.72. The molecule has 1 fully saturated rings. The molecule has 2 unspecified atom stereocenters. The largest absolute Gasteiger partial charge is 0.468 e. The second kappa shape index (κ2) is 6.85. The Morgan fingerprint density at radius 1 is 1.12 bits per heavy atom. The molecule has 136 valence electrons. The van der Waals surface area contributed by atoms with E-state index in [0.717, 1.165) is 26.4 Å². The highest BCUT2D eigenvalue weighted by molar-refractivity contribution is 6.01. The van der Waals surface area contributed by atoms with Crippen LogP contribution in [0.2, 0.25) is 0 Å². The summed E-state index contributed by atoms with van der Waals surface area (Å²) in [6.45, 7) is 0. The first-order valence-corrected chi connectivity index (χ1v) is 7.52. The predicted octanol–water partition coefficient (Wildman–Crippen LogP) is 2.66. The molecule has 0 heterocycles. The molecule has 0 bridgehead atoms. The quantitative estimate of drug-likeness (QED) is 0.614. The lowest BCUT2D eigenvalue weighted by molar-refractivity contribution is -0.157. The van der Waals surface area contributed by atoms with Gasteiger partial charge in [-0.1, -0.05) is 12.1 Å². The van der Waals surface area contributed by atoms with Gasteiger partial charge in [0.1, 0.15) is 11.7 Å². The van der Waals surface area contributed by atoms with Gasteiger partial charge in [0.25, 0.3) is 0 Å². The van der Waals surface area contributed by atoms with Crippen LogP contribution in [0.1, 0.15) is 30.4 Å². The fraction of sp³-hybridized carbons (Fsp3) is 0.471. The van der Waals surface area contributed by atoms with Crippen molar-refractivity contribution in [2.45, 2.75) is 30.9 Å². The van der Waals surface area contributed by atoms with Gasteiger partial charge < -0.3 is 9.47 Å². The first-order valence-electron chi connectivity index (χ1n) is 7.52. The van der Waals surface area contributed by atoms with Gasteiger partial charge in [-0.15, -0.1) is 0 Å². The summed E-state index contributed by atoms with van der Waals surface area (Å²) in [6, 6.07) is 4.10. The molecule has 0 radical (unpaired) electrons. The minimum absolute atomic E-state index is 0.0529. The van der Waals surface area contributed by atoms with Gasteiger partial charge in [-0.05, 0) is 30.5 Å². The van der Waals surface area contributed by atoms with Gasteiger partial charge in [0.05, 0.1) is 25.2 Å². The first kappa shape index (κ1) is 19.0. The van der Waals surface area contributed by atoms with Crippen LogP contribution < -0.4 is 0 Å². The van der Waals surface area contributed by atoms with Crippen LogP contribution in [0, 0.1) is 5.92 Å². The smallest absolute Gasteiger partial charge is 0.416 e. The van der Waals surface area contributed by atoms with Crippen LogP contribution in [0.25, 0.3) is 0 Å². The monoisotopic (exact) mass is 358 g/mol. The summed E-state index contributed by atoms with van der Waals surface area (Å²) in [5, 5.41) is 0. The van der Waals surface area contributed by atoms with Crippen LogP contribution in [-0.2, 0) is 35.4 Å². The third kappa shape index (κ3) is 3.52. The number of ether oxygens (including phenoxy) is 2. The zero-order valence-corrected chi connectivity index (χ0v) is 13.7. The number of methoxy groups -OCH3 is 2. The van der Waals surface area contributed by atoms with Crippen molar-refractivity contribution < 1.29 is 37.0 Å². The normalized spacial score (nSPS) is 23.9. The number of esters is 2. The number of benzene rings is 1. The van der Waals surface area contributed by atoms with Gasteiger partial charge in [0.2, 0.25) is 0 Å². The van der Waals surface area contributed by atoms with Crippen molar-refractivity contribution in [3.63, 3.8) is 0 Å². The number of hydrogen-bond acceptors (Lipinski definition) is 5. The molecule has 1 saturated carbocycles. The summed E-state index contributed by atoms with van der Waals surface area (Å²) >= 11 is 0. The second-order valence-electron chi connectivity index (χ2n) is 5.89. The number of carbonyl (C=O) groups excluding carboxylic acids is 3. The van der Waals surface area contributed by atoms with E-state index in [9.17, 15) is 27.6 Å².